The predicted octanol–water partition coefficient (Wildman–Crippen LogP) is 3.48. The molecule has 0 radical (unpaired) electrons. The molecule has 0 amide bonds. The van der Waals surface area contributed by atoms with Gasteiger partial charge in [0.15, 0.2) is 5.96 Å². The van der Waals surface area contributed by atoms with Gasteiger partial charge in [-0.2, -0.15) is 0 Å². The molecule has 29 heavy (non-hydrogen) atoms. The molecule has 0 saturated heterocycles. The number of benzene rings is 1. The van der Waals surface area contributed by atoms with E-state index < -0.39 is 0 Å². The van der Waals surface area contributed by atoms with E-state index in [1.807, 2.05) is 24.4 Å². The van der Waals surface area contributed by atoms with Crippen LogP contribution < -0.4 is 10.6 Å². The molecule has 0 bridgehead atoms. The summed E-state index contributed by atoms with van der Waals surface area (Å²) < 4.78 is 4.36. The van der Waals surface area contributed by atoms with Gasteiger partial charge in [0.25, 0.3) is 0 Å². The Labute approximate surface area is 171 Å². The van der Waals surface area contributed by atoms with E-state index in [1.165, 1.54) is 10.9 Å². The Kier molecular flexibility index (Phi) is 6.10. The Morgan fingerprint density at radius 2 is 1.93 bits per heavy atom. The maximum absolute atomic E-state index is 4.72. The van der Waals surface area contributed by atoms with Crippen molar-refractivity contribution in [3.8, 4) is 0 Å². The van der Waals surface area contributed by atoms with Gasteiger partial charge in [-0.25, -0.2) is 4.98 Å². The molecule has 0 aliphatic carbocycles. The highest BCUT2D eigenvalue weighted by atomic mass is 15.2. The molecule has 2 N–H and O–H groups in total. The van der Waals surface area contributed by atoms with E-state index in [2.05, 4.69) is 74.2 Å². The van der Waals surface area contributed by atoms with E-state index in [1.54, 1.807) is 0 Å². The Morgan fingerprint density at radius 1 is 1.03 bits per heavy atom. The van der Waals surface area contributed by atoms with Gasteiger partial charge in [0.2, 0.25) is 0 Å². The monoisotopic (exact) mass is 388 g/mol. The van der Waals surface area contributed by atoms with Gasteiger partial charge in [-0.15, -0.1) is 0 Å². The number of nitrogens with zero attached hydrogens (tertiary/aromatic N) is 4. The molecule has 0 atom stereocenters. The summed E-state index contributed by atoms with van der Waals surface area (Å²) >= 11 is 0. The lowest BCUT2D eigenvalue weighted by molar-refractivity contribution is 0.666. The van der Waals surface area contributed by atoms with Crippen LogP contribution in [-0.4, -0.2) is 39.5 Å². The van der Waals surface area contributed by atoms with Crippen LogP contribution in [0.15, 0.2) is 72.1 Å². The van der Waals surface area contributed by atoms with E-state index in [-0.39, 0.29) is 0 Å². The average Bonchev–Trinajstić information content (AvgIpc) is 3.35. The maximum atomic E-state index is 4.72. The second-order valence-electron chi connectivity index (χ2n) is 7.06. The fourth-order valence-electron chi connectivity index (χ4n) is 3.53. The van der Waals surface area contributed by atoms with Gasteiger partial charge in [-0.05, 0) is 43.0 Å². The standard InChI is InChI=1S/C23H28N6/c1-2-24-23(26-14-11-20-18-29-15-6-5-10-22(29)27-20)25-13-7-16-28-17-12-19-8-3-4-9-21(19)28/h3-6,8-10,12,15,17-18H,2,7,11,13-14,16H2,1H3,(H2,24,25,26). The molecule has 4 rings (SSSR count). The van der Waals surface area contributed by atoms with Crippen molar-refractivity contribution in [2.45, 2.75) is 26.3 Å². The number of aryl methyl sites for hydroxylation is 1. The largest absolute Gasteiger partial charge is 0.357 e. The third-order valence-corrected chi connectivity index (χ3v) is 4.94. The number of imidazole rings is 1. The molecule has 6 heteroatoms. The first-order chi connectivity index (χ1) is 14.3. The molecule has 0 aliphatic rings. The quantitative estimate of drug-likeness (QED) is 0.276. The minimum Gasteiger partial charge on any atom is -0.357 e. The highest BCUT2D eigenvalue weighted by molar-refractivity contribution is 5.80. The van der Waals surface area contributed by atoms with Crippen molar-refractivity contribution in [2.24, 2.45) is 4.99 Å². The maximum Gasteiger partial charge on any atom is 0.191 e. The average molecular weight is 389 g/mol. The first-order valence-electron chi connectivity index (χ1n) is 10.3. The molecule has 150 valence electrons. The first kappa shape index (κ1) is 19.1. The Bertz CT molecular complexity index is 1060. The topological polar surface area (TPSA) is 58.7 Å². The zero-order valence-electron chi connectivity index (χ0n) is 16.9. The van der Waals surface area contributed by atoms with Gasteiger partial charge >= 0.3 is 0 Å². The minimum atomic E-state index is 0.788. The molecule has 1 aromatic carbocycles. The Balaban J connectivity index is 1.27. The zero-order chi connectivity index (χ0) is 19.9. The number of para-hydroxylation sites is 1. The number of aromatic nitrogens is 3. The van der Waals surface area contributed by atoms with Crippen molar-refractivity contribution < 1.29 is 0 Å². The fourth-order valence-corrected chi connectivity index (χ4v) is 3.53. The zero-order valence-corrected chi connectivity index (χ0v) is 16.9. The van der Waals surface area contributed by atoms with Crippen molar-refractivity contribution in [1.82, 2.24) is 24.6 Å². The van der Waals surface area contributed by atoms with Crippen LogP contribution in [0.1, 0.15) is 19.0 Å². The molecule has 0 fully saturated rings. The summed E-state index contributed by atoms with van der Waals surface area (Å²) in [6.07, 6.45) is 8.14. The van der Waals surface area contributed by atoms with Gasteiger partial charge in [0.05, 0.1) is 5.69 Å². The van der Waals surface area contributed by atoms with E-state index in [0.717, 1.165) is 56.3 Å². The molecule has 3 heterocycles. The Morgan fingerprint density at radius 3 is 2.83 bits per heavy atom. The molecule has 0 aliphatic heterocycles. The van der Waals surface area contributed by atoms with Crippen LogP contribution in [0.2, 0.25) is 0 Å². The van der Waals surface area contributed by atoms with Crippen LogP contribution in [-0.2, 0) is 13.0 Å². The van der Waals surface area contributed by atoms with Crippen LogP contribution in [0, 0.1) is 0 Å². The smallest absolute Gasteiger partial charge is 0.191 e. The number of aliphatic imine (C=N–C) groups is 1. The molecule has 0 saturated carbocycles. The van der Waals surface area contributed by atoms with Crippen LogP contribution in [0.4, 0.5) is 0 Å². The summed E-state index contributed by atoms with van der Waals surface area (Å²) in [7, 11) is 0. The number of guanidine groups is 1. The molecule has 0 spiro atoms. The number of nitrogens with one attached hydrogen (secondary N) is 2. The fraction of sp³-hybridized carbons (Fsp3) is 0.304. The summed E-state index contributed by atoms with van der Waals surface area (Å²) in [5, 5.41) is 8.03. The lowest BCUT2D eigenvalue weighted by atomic mass is 10.2. The number of hydrogen-bond acceptors (Lipinski definition) is 2. The molecule has 0 unspecified atom stereocenters. The van der Waals surface area contributed by atoms with E-state index in [4.69, 9.17) is 4.99 Å². The summed E-state index contributed by atoms with van der Waals surface area (Å²) in [6.45, 7) is 5.50. The van der Waals surface area contributed by atoms with Gasteiger partial charge < -0.3 is 19.6 Å². The van der Waals surface area contributed by atoms with Crippen LogP contribution in [0.3, 0.4) is 0 Å². The van der Waals surface area contributed by atoms with Crippen LogP contribution >= 0.6 is 0 Å². The molecular formula is C23H28N6. The second kappa shape index (κ2) is 9.28. The SMILES string of the molecule is CCNC(=NCCCn1ccc2ccccc21)NCCc1cn2ccccc2n1. The van der Waals surface area contributed by atoms with Gasteiger partial charge in [0, 0.05) is 56.7 Å². The predicted molar refractivity (Wildman–Crippen MR) is 119 cm³/mol. The normalized spacial score (nSPS) is 12.0. The van der Waals surface area contributed by atoms with E-state index in [0.29, 0.717) is 0 Å². The van der Waals surface area contributed by atoms with Gasteiger partial charge in [-0.1, -0.05) is 24.3 Å². The van der Waals surface area contributed by atoms with E-state index in [9.17, 15) is 0 Å². The molecular weight excluding hydrogens is 360 g/mol. The van der Waals surface area contributed by atoms with Crippen LogP contribution in [0.5, 0.6) is 0 Å². The summed E-state index contributed by atoms with van der Waals surface area (Å²) in [4.78, 5) is 9.37. The van der Waals surface area contributed by atoms with Crippen molar-refractivity contribution in [1.29, 1.82) is 0 Å². The minimum absolute atomic E-state index is 0.788. The van der Waals surface area contributed by atoms with Crippen molar-refractivity contribution in [3.05, 3.63) is 72.8 Å². The van der Waals surface area contributed by atoms with Crippen molar-refractivity contribution in [2.75, 3.05) is 19.6 Å². The lowest BCUT2D eigenvalue weighted by Crippen LogP contribution is -2.38. The summed E-state index contributed by atoms with van der Waals surface area (Å²) in [5.74, 6) is 0.869. The summed E-state index contributed by atoms with van der Waals surface area (Å²) in [5.41, 5.74) is 3.36. The number of pyridine rings is 1. The van der Waals surface area contributed by atoms with Crippen LogP contribution in [0.25, 0.3) is 16.6 Å². The third-order valence-electron chi connectivity index (χ3n) is 4.94. The third kappa shape index (κ3) is 4.77. The Hall–Kier alpha value is -3.28. The van der Waals surface area contributed by atoms with Gasteiger partial charge in [0.1, 0.15) is 5.65 Å². The second-order valence-corrected chi connectivity index (χ2v) is 7.06. The lowest BCUT2D eigenvalue weighted by Gasteiger charge is -2.11. The highest BCUT2D eigenvalue weighted by Crippen LogP contribution is 2.15. The summed E-state index contributed by atoms with van der Waals surface area (Å²) in [6, 6.07) is 16.7. The molecule has 6 nitrogen and oxygen atoms in total. The number of hydrogen-bond donors (Lipinski definition) is 2. The molecule has 4 aromatic rings. The first-order valence-corrected chi connectivity index (χ1v) is 10.3. The van der Waals surface area contributed by atoms with E-state index >= 15 is 0 Å². The van der Waals surface area contributed by atoms with Crippen molar-refractivity contribution >= 4 is 22.5 Å². The van der Waals surface area contributed by atoms with Gasteiger partial charge in [-0.3, -0.25) is 4.99 Å². The highest BCUT2D eigenvalue weighted by Gasteiger charge is 2.03. The number of rotatable bonds is 8. The number of fused-ring (bicyclic) bond motifs is 2. The van der Waals surface area contributed by atoms with Crippen molar-refractivity contribution in [3.63, 3.8) is 0 Å². The molecule has 3 aromatic heterocycles.